The predicted molar refractivity (Wildman–Crippen MR) is 104 cm³/mol. The molecule has 32 heavy (non-hydrogen) atoms. The summed E-state index contributed by atoms with van der Waals surface area (Å²) in [4.78, 5) is 31.6. The van der Waals surface area contributed by atoms with Crippen LogP contribution in [0.25, 0.3) is 11.0 Å². The Morgan fingerprint density at radius 2 is 1.56 bits per heavy atom. The normalized spacial score (nSPS) is 14.8. The summed E-state index contributed by atoms with van der Waals surface area (Å²) in [6.07, 6.45) is -4.73. The quantitative estimate of drug-likeness (QED) is 0.573. The van der Waals surface area contributed by atoms with E-state index in [1.807, 2.05) is 0 Å². The van der Waals surface area contributed by atoms with Crippen molar-refractivity contribution in [1.82, 2.24) is 19.4 Å². The second kappa shape index (κ2) is 8.21. The number of hydrogen-bond acceptors (Lipinski definition) is 3. The number of benzene rings is 2. The molecule has 1 aliphatic heterocycles. The van der Waals surface area contributed by atoms with Crippen molar-refractivity contribution in [2.45, 2.75) is 12.7 Å². The summed E-state index contributed by atoms with van der Waals surface area (Å²) in [6, 6.07) is 8.85. The molecule has 1 aromatic heterocycles. The third-order valence-corrected chi connectivity index (χ3v) is 5.29. The van der Waals surface area contributed by atoms with Crippen LogP contribution in [0.15, 0.2) is 42.5 Å². The first-order valence-electron chi connectivity index (χ1n) is 9.69. The minimum absolute atomic E-state index is 0.0246. The number of rotatable bonds is 3. The summed E-state index contributed by atoms with van der Waals surface area (Å²) in [5.41, 5.74) is 0.304. The van der Waals surface area contributed by atoms with Crippen LogP contribution in [0.5, 0.6) is 0 Å². The molecule has 0 saturated carbocycles. The predicted octanol–water partition coefficient (Wildman–Crippen LogP) is 3.32. The van der Waals surface area contributed by atoms with E-state index in [0.29, 0.717) is 0 Å². The van der Waals surface area contributed by atoms with Gasteiger partial charge in [-0.2, -0.15) is 13.2 Å². The summed E-state index contributed by atoms with van der Waals surface area (Å²) in [5.74, 6) is -4.42. The first-order valence-corrected chi connectivity index (χ1v) is 9.69. The first kappa shape index (κ1) is 21.7. The number of para-hydroxylation sites is 2. The molecule has 0 atom stereocenters. The average Bonchev–Trinajstić information content (AvgIpc) is 3.14. The maximum Gasteiger partial charge on any atom is 0.449 e. The van der Waals surface area contributed by atoms with E-state index < -0.39 is 42.0 Å². The lowest BCUT2D eigenvalue weighted by Gasteiger charge is -2.35. The number of hydrogen-bond donors (Lipinski definition) is 0. The van der Waals surface area contributed by atoms with Crippen LogP contribution in [-0.4, -0.2) is 57.3 Å². The number of carbonyl (C=O) groups is 2. The minimum atomic E-state index is -4.73. The van der Waals surface area contributed by atoms with Gasteiger partial charge in [0.15, 0.2) is 11.6 Å². The van der Waals surface area contributed by atoms with Crippen LogP contribution in [0.2, 0.25) is 0 Å². The van der Waals surface area contributed by atoms with E-state index in [4.69, 9.17) is 0 Å². The Morgan fingerprint density at radius 3 is 2.22 bits per heavy atom. The second-order valence-corrected chi connectivity index (χ2v) is 7.31. The van der Waals surface area contributed by atoms with Gasteiger partial charge in [-0.05, 0) is 30.3 Å². The molecular weight excluding hydrogens is 435 g/mol. The highest BCUT2D eigenvalue weighted by Crippen LogP contribution is 2.31. The zero-order chi connectivity index (χ0) is 23.0. The van der Waals surface area contributed by atoms with Crippen molar-refractivity contribution in [3.8, 4) is 0 Å². The summed E-state index contributed by atoms with van der Waals surface area (Å²) in [5, 5.41) is 0. The SMILES string of the molecule is O=C(Cn1c(C(F)(F)F)nc2ccccc21)N1CCN(C(=O)c2ccc(F)c(F)c2)CC1. The van der Waals surface area contributed by atoms with Crippen LogP contribution >= 0.6 is 0 Å². The molecule has 0 N–H and O–H groups in total. The number of amides is 2. The monoisotopic (exact) mass is 452 g/mol. The highest BCUT2D eigenvalue weighted by Gasteiger charge is 2.38. The van der Waals surface area contributed by atoms with Crippen molar-refractivity contribution in [2.75, 3.05) is 26.2 Å². The van der Waals surface area contributed by atoms with E-state index in [2.05, 4.69) is 4.98 Å². The van der Waals surface area contributed by atoms with Gasteiger partial charge in [-0.25, -0.2) is 13.8 Å². The van der Waals surface area contributed by atoms with Crippen molar-refractivity contribution in [1.29, 1.82) is 0 Å². The molecular formula is C21H17F5N4O2. The molecule has 3 aromatic rings. The van der Waals surface area contributed by atoms with Crippen molar-refractivity contribution in [3.05, 3.63) is 65.5 Å². The lowest BCUT2D eigenvalue weighted by atomic mass is 10.1. The molecule has 0 spiro atoms. The molecule has 1 fully saturated rings. The van der Waals surface area contributed by atoms with E-state index in [1.165, 1.54) is 28.0 Å². The Morgan fingerprint density at radius 1 is 0.906 bits per heavy atom. The molecule has 11 heteroatoms. The number of halogens is 5. The molecule has 2 heterocycles. The number of carbonyl (C=O) groups excluding carboxylic acids is 2. The van der Waals surface area contributed by atoms with Crippen LogP contribution in [0.3, 0.4) is 0 Å². The number of piperazine rings is 1. The number of fused-ring (bicyclic) bond motifs is 1. The number of alkyl halides is 3. The Balaban J connectivity index is 1.45. The van der Waals surface area contributed by atoms with Gasteiger partial charge in [0, 0.05) is 31.7 Å². The van der Waals surface area contributed by atoms with Crippen LogP contribution in [-0.2, 0) is 17.5 Å². The highest BCUT2D eigenvalue weighted by atomic mass is 19.4. The smallest absolute Gasteiger partial charge is 0.338 e. The van der Waals surface area contributed by atoms with Gasteiger partial charge >= 0.3 is 6.18 Å². The molecule has 168 valence electrons. The number of nitrogens with zero attached hydrogens (tertiary/aromatic N) is 4. The van der Waals surface area contributed by atoms with Crippen molar-refractivity contribution in [3.63, 3.8) is 0 Å². The highest BCUT2D eigenvalue weighted by molar-refractivity contribution is 5.94. The van der Waals surface area contributed by atoms with E-state index >= 15 is 0 Å². The number of imidazole rings is 1. The van der Waals surface area contributed by atoms with E-state index in [1.54, 1.807) is 12.1 Å². The molecule has 1 saturated heterocycles. The molecule has 0 aliphatic carbocycles. The Hall–Kier alpha value is -3.50. The van der Waals surface area contributed by atoms with Crippen LogP contribution in [0.4, 0.5) is 22.0 Å². The third kappa shape index (κ3) is 4.14. The topological polar surface area (TPSA) is 58.4 Å². The standard InChI is InChI=1S/C21H17F5N4O2/c22-14-6-5-13(11-15(14)23)19(32)29-9-7-28(8-10-29)18(31)12-30-17-4-2-1-3-16(17)27-20(30)21(24,25)26/h1-6,11H,7-10,12H2. The molecule has 0 bridgehead atoms. The zero-order valence-electron chi connectivity index (χ0n) is 16.6. The minimum Gasteiger partial charge on any atom is -0.338 e. The zero-order valence-corrected chi connectivity index (χ0v) is 16.6. The van der Waals surface area contributed by atoms with Crippen molar-refractivity contribution in [2.24, 2.45) is 0 Å². The van der Waals surface area contributed by atoms with Crippen LogP contribution in [0, 0.1) is 11.6 Å². The average molecular weight is 452 g/mol. The lowest BCUT2D eigenvalue weighted by molar-refractivity contribution is -0.148. The first-order chi connectivity index (χ1) is 15.1. The van der Waals surface area contributed by atoms with Gasteiger partial charge in [0.2, 0.25) is 11.7 Å². The molecule has 1 aliphatic rings. The Labute approximate surface area is 178 Å². The maximum absolute atomic E-state index is 13.4. The molecule has 2 aromatic carbocycles. The van der Waals surface area contributed by atoms with Gasteiger partial charge in [0.25, 0.3) is 5.91 Å². The van der Waals surface area contributed by atoms with Gasteiger partial charge in [0.1, 0.15) is 6.54 Å². The van der Waals surface area contributed by atoms with E-state index in [-0.39, 0.29) is 42.8 Å². The second-order valence-electron chi connectivity index (χ2n) is 7.31. The fraction of sp³-hybridized carbons (Fsp3) is 0.286. The summed E-state index contributed by atoms with van der Waals surface area (Å²) in [6.45, 7) is -0.127. The summed E-state index contributed by atoms with van der Waals surface area (Å²) in [7, 11) is 0. The molecule has 6 nitrogen and oxygen atoms in total. The summed E-state index contributed by atoms with van der Waals surface area (Å²) >= 11 is 0. The number of aromatic nitrogens is 2. The Bertz CT molecular complexity index is 1180. The molecule has 4 rings (SSSR count). The van der Waals surface area contributed by atoms with Crippen LogP contribution in [0.1, 0.15) is 16.2 Å². The molecule has 2 amide bonds. The fourth-order valence-corrected chi connectivity index (χ4v) is 3.66. The van der Waals surface area contributed by atoms with Gasteiger partial charge in [-0.1, -0.05) is 12.1 Å². The van der Waals surface area contributed by atoms with Gasteiger partial charge in [0.05, 0.1) is 11.0 Å². The molecule has 0 unspecified atom stereocenters. The maximum atomic E-state index is 13.4. The Kier molecular flexibility index (Phi) is 5.57. The molecule has 0 radical (unpaired) electrons. The van der Waals surface area contributed by atoms with E-state index in [9.17, 15) is 31.5 Å². The van der Waals surface area contributed by atoms with Gasteiger partial charge in [-0.3, -0.25) is 9.59 Å². The van der Waals surface area contributed by atoms with Crippen molar-refractivity contribution < 1.29 is 31.5 Å². The van der Waals surface area contributed by atoms with E-state index in [0.717, 1.165) is 16.7 Å². The van der Waals surface area contributed by atoms with Crippen molar-refractivity contribution >= 4 is 22.8 Å². The van der Waals surface area contributed by atoms with Gasteiger partial charge < -0.3 is 14.4 Å². The fourth-order valence-electron chi connectivity index (χ4n) is 3.66. The van der Waals surface area contributed by atoms with Gasteiger partial charge in [-0.15, -0.1) is 0 Å². The lowest BCUT2D eigenvalue weighted by Crippen LogP contribution is -2.51. The summed E-state index contributed by atoms with van der Waals surface area (Å²) < 4.78 is 67.6. The van der Waals surface area contributed by atoms with Crippen LogP contribution < -0.4 is 0 Å². The largest absolute Gasteiger partial charge is 0.449 e. The third-order valence-electron chi connectivity index (χ3n) is 5.29.